The zero-order chi connectivity index (χ0) is 16.2. The number of unbranched alkanes of at least 4 members (excludes halogenated alkanes) is 7. The van der Waals surface area contributed by atoms with E-state index in [1.807, 2.05) is 12.2 Å². The van der Waals surface area contributed by atoms with Crippen LogP contribution in [0.25, 0.3) is 0 Å². The van der Waals surface area contributed by atoms with Gasteiger partial charge in [0.2, 0.25) is 0 Å². The Labute approximate surface area is 134 Å². The van der Waals surface area contributed by atoms with Crippen LogP contribution in [0.1, 0.15) is 77.6 Å². The van der Waals surface area contributed by atoms with E-state index in [0.29, 0.717) is 0 Å². The van der Waals surface area contributed by atoms with Gasteiger partial charge in [0, 0.05) is 6.42 Å². The number of carboxylic acids is 1. The summed E-state index contributed by atoms with van der Waals surface area (Å²) in [5.74, 6) is -0.702. The lowest BCUT2D eigenvalue weighted by Crippen LogP contribution is -2.13. The molecule has 0 bridgehead atoms. The van der Waals surface area contributed by atoms with Crippen LogP contribution in [0.15, 0.2) is 12.2 Å². The van der Waals surface area contributed by atoms with Crippen molar-refractivity contribution in [1.29, 1.82) is 0 Å². The zero-order valence-corrected chi connectivity index (χ0v) is 13.9. The molecular weight excluding hydrogens is 280 g/mol. The number of rotatable bonds is 14. The highest BCUT2D eigenvalue weighted by Gasteiger charge is 2.42. The minimum atomic E-state index is -0.702. The number of carboxylic acid groups (broad SMARTS) is 1. The Morgan fingerprint density at radius 3 is 2.59 bits per heavy atom. The van der Waals surface area contributed by atoms with Crippen molar-refractivity contribution in [3.8, 4) is 0 Å². The summed E-state index contributed by atoms with van der Waals surface area (Å²) in [6.45, 7) is 2.19. The molecule has 0 aromatic carbocycles. The Morgan fingerprint density at radius 2 is 1.86 bits per heavy atom. The van der Waals surface area contributed by atoms with E-state index in [0.717, 1.165) is 44.9 Å². The Kier molecular flexibility index (Phi) is 10.2. The van der Waals surface area contributed by atoms with Gasteiger partial charge in [-0.25, -0.2) is 0 Å². The van der Waals surface area contributed by atoms with Gasteiger partial charge in [0.1, 0.15) is 12.2 Å². The summed E-state index contributed by atoms with van der Waals surface area (Å²) in [5.41, 5.74) is 0. The summed E-state index contributed by atoms with van der Waals surface area (Å²) in [6.07, 6.45) is 14.8. The van der Waals surface area contributed by atoms with Gasteiger partial charge in [-0.3, -0.25) is 4.79 Å². The number of hydrogen-bond acceptors (Lipinski definition) is 3. The van der Waals surface area contributed by atoms with Crippen LogP contribution in [-0.2, 0) is 9.53 Å². The molecular formula is C18H32O4. The number of aliphatic carboxylic acids is 1. The van der Waals surface area contributed by atoms with Gasteiger partial charge in [-0.1, -0.05) is 57.6 Å². The minimum Gasteiger partial charge on any atom is -0.481 e. The molecule has 1 rings (SSSR count). The monoisotopic (exact) mass is 312 g/mol. The van der Waals surface area contributed by atoms with E-state index in [-0.39, 0.29) is 18.6 Å². The first-order chi connectivity index (χ1) is 10.6. The van der Waals surface area contributed by atoms with Crippen LogP contribution in [0.3, 0.4) is 0 Å². The molecule has 1 saturated heterocycles. The van der Waals surface area contributed by atoms with E-state index in [4.69, 9.17) is 9.84 Å². The van der Waals surface area contributed by atoms with E-state index in [1.165, 1.54) is 19.3 Å². The van der Waals surface area contributed by atoms with Crippen molar-refractivity contribution in [3.63, 3.8) is 0 Å². The van der Waals surface area contributed by atoms with Crippen molar-refractivity contribution in [2.24, 2.45) is 0 Å². The first kappa shape index (κ1) is 19.2. The molecule has 22 heavy (non-hydrogen) atoms. The van der Waals surface area contributed by atoms with Crippen LogP contribution in [0.4, 0.5) is 0 Å². The Balaban J connectivity index is 1.92. The van der Waals surface area contributed by atoms with Gasteiger partial charge in [-0.15, -0.1) is 0 Å². The van der Waals surface area contributed by atoms with Crippen molar-refractivity contribution >= 4 is 5.97 Å². The highest BCUT2D eigenvalue weighted by molar-refractivity contribution is 5.66. The third-order valence-electron chi connectivity index (χ3n) is 4.15. The fourth-order valence-electron chi connectivity index (χ4n) is 2.70. The summed E-state index contributed by atoms with van der Waals surface area (Å²) in [6, 6.07) is 0. The Hall–Kier alpha value is -0.870. The van der Waals surface area contributed by atoms with Gasteiger partial charge in [0.25, 0.3) is 0 Å². The smallest absolute Gasteiger partial charge is 0.303 e. The predicted octanol–water partition coefficient (Wildman–Crippen LogP) is 4.07. The van der Waals surface area contributed by atoms with Crippen molar-refractivity contribution < 1.29 is 19.7 Å². The zero-order valence-electron chi connectivity index (χ0n) is 13.9. The second-order valence-electron chi connectivity index (χ2n) is 6.25. The molecule has 0 unspecified atom stereocenters. The van der Waals surface area contributed by atoms with Gasteiger partial charge in [-0.2, -0.15) is 0 Å². The third kappa shape index (κ3) is 9.21. The third-order valence-corrected chi connectivity index (χ3v) is 4.15. The Bertz CT molecular complexity index is 327. The Morgan fingerprint density at radius 1 is 1.14 bits per heavy atom. The molecule has 0 spiro atoms. The molecule has 0 aliphatic carbocycles. The first-order valence-corrected chi connectivity index (χ1v) is 8.87. The molecule has 4 nitrogen and oxygen atoms in total. The number of allylic oxidation sites excluding steroid dienone is 1. The van der Waals surface area contributed by atoms with Gasteiger partial charge in [0.05, 0.1) is 6.10 Å². The molecule has 1 aliphatic heterocycles. The van der Waals surface area contributed by atoms with Crippen LogP contribution >= 0.6 is 0 Å². The summed E-state index contributed by atoms with van der Waals surface area (Å²) >= 11 is 0. The quantitative estimate of drug-likeness (QED) is 0.288. The van der Waals surface area contributed by atoms with Crippen LogP contribution < -0.4 is 0 Å². The highest BCUT2D eigenvalue weighted by Crippen LogP contribution is 2.30. The molecule has 1 aliphatic rings. The van der Waals surface area contributed by atoms with Gasteiger partial charge < -0.3 is 14.9 Å². The molecule has 0 amide bonds. The minimum absolute atomic E-state index is 0.0177. The lowest BCUT2D eigenvalue weighted by atomic mass is 10.1. The van der Waals surface area contributed by atoms with Gasteiger partial charge in [0.15, 0.2) is 0 Å². The average molecular weight is 312 g/mol. The van der Waals surface area contributed by atoms with Gasteiger partial charge >= 0.3 is 5.97 Å². The molecule has 4 heteroatoms. The molecule has 3 atom stereocenters. The lowest BCUT2D eigenvalue weighted by Gasteiger charge is -2.01. The number of epoxide rings is 1. The number of aliphatic hydroxyl groups excluding tert-OH is 1. The maximum absolute atomic E-state index is 10.4. The van der Waals surface area contributed by atoms with E-state index >= 15 is 0 Å². The summed E-state index contributed by atoms with van der Waals surface area (Å²) in [7, 11) is 0. The SMILES string of the molecule is CCCCC[C@H]1O[C@@H]1[C@@H](O)/C=C\CCCCCCCC(=O)O. The number of carbonyl (C=O) groups is 1. The predicted molar refractivity (Wildman–Crippen MR) is 87.9 cm³/mol. The maximum Gasteiger partial charge on any atom is 0.303 e. The first-order valence-electron chi connectivity index (χ1n) is 8.87. The summed E-state index contributed by atoms with van der Waals surface area (Å²) in [4.78, 5) is 10.4. The largest absolute Gasteiger partial charge is 0.481 e. The second kappa shape index (κ2) is 11.7. The van der Waals surface area contributed by atoms with Crippen molar-refractivity contribution in [3.05, 3.63) is 12.2 Å². The normalized spacial score (nSPS) is 22.1. The standard InChI is InChI=1S/C18H32O4/c1-2-3-9-13-16-18(22-16)15(19)12-10-7-5-4-6-8-11-14-17(20)21/h10,12,15-16,18-19H,2-9,11,13-14H2,1H3,(H,20,21)/b12-10-/t15-,16+,18+/m0/s1. The second-order valence-corrected chi connectivity index (χ2v) is 6.25. The summed E-state index contributed by atoms with van der Waals surface area (Å²) < 4.78 is 5.52. The molecule has 0 saturated carbocycles. The molecule has 2 N–H and O–H groups in total. The van der Waals surface area contributed by atoms with E-state index in [1.54, 1.807) is 0 Å². The van der Waals surface area contributed by atoms with Crippen LogP contribution in [0.5, 0.6) is 0 Å². The summed E-state index contributed by atoms with van der Waals surface area (Å²) in [5, 5.41) is 18.5. The molecule has 0 aromatic heterocycles. The van der Waals surface area contributed by atoms with Crippen LogP contribution in [0.2, 0.25) is 0 Å². The molecule has 1 fully saturated rings. The molecule has 1 heterocycles. The average Bonchev–Trinajstić information content (AvgIpc) is 3.25. The molecule has 0 radical (unpaired) electrons. The van der Waals surface area contributed by atoms with E-state index in [9.17, 15) is 9.90 Å². The highest BCUT2D eigenvalue weighted by atomic mass is 16.6. The van der Waals surface area contributed by atoms with Crippen molar-refractivity contribution in [2.75, 3.05) is 0 Å². The van der Waals surface area contributed by atoms with Crippen LogP contribution in [0, 0.1) is 0 Å². The van der Waals surface area contributed by atoms with Gasteiger partial charge in [-0.05, 0) is 25.7 Å². The number of hydrogen-bond donors (Lipinski definition) is 2. The van der Waals surface area contributed by atoms with E-state index < -0.39 is 12.1 Å². The van der Waals surface area contributed by atoms with Crippen molar-refractivity contribution in [1.82, 2.24) is 0 Å². The van der Waals surface area contributed by atoms with Crippen molar-refractivity contribution in [2.45, 2.75) is 95.9 Å². The number of aliphatic hydroxyl groups is 1. The number of ether oxygens (including phenoxy) is 1. The maximum atomic E-state index is 10.4. The fraction of sp³-hybridized carbons (Fsp3) is 0.833. The van der Waals surface area contributed by atoms with E-state index in [2.05, 4.69) is 6.92 Å². The molecule has 0 aromatic rings. The lowest BCUT2D eigenvalue weighted by molar-refractivity contribution is -0.137. The molecule has 128 valence electrons. The topological polar surface area (TPSA) is 70.1 Å². The fourth-order valence-corrected chi connectivity index (χ4v) is 2.70. The van der Waals surface area contributed by atoms with Crippen LogP contribution in [-0.4, -0.2) is 34.5 Å².